The van der Waals surface area contributed by atoms with Crippen LogP contribution in [0.2, 0.25) is 0 Å². The SMILES string of the molecule is CN=C(NCCOC1CCCCCC1)N1CCC(COCCOC)C1. The number of nitrogens with one attached hydrogen (secondary N) is 1. The second-order valence-corrected chi connectivity index (χ2v) is 7.13. The summed E-state index contributed by atoms with van der Waals surface area (Å²) in [6, 6.07) is 0. The molecule has 0 amide bonds. The minimum Gasteiger partial charge on any atom is -0.382 e. The fourth-order valence-electron chi connectivity index (χ4n) is 3.68. The average molecular weight is 356 g/mol. The number of ether oxygens (including phenoxy) is 3. The maximum atomic E-state index is 6.05. The van der Waals surface area contributed by atoms with Crippen molar-refractivity contribution in [3.63, 3.8) is 0 Å². The van der Waals surface area contributed by atoms with E-state index in [0.717, 1.165) is 45.2 Å². The van der Waals surface area contributed by atoms with Crippen LogP contribution in [0.1, 0.15) is 44.9 Å². The third-order valence-corrected chi connectivity index (χ3v) is 5.12. The van der Waals surface area contributed by atoms with E-state index in [9.17, 15) is 0 Å². The molecule has 1 saturated heterocycles. The average Bonchev–Trinajstić information content (AvgIpc) is 2.93. The molecule has 6 heteroatoms. The first-order chi connectivity index (χ1) is 12.3. The summed E-state index contributed by atoms with van der Waals surface area (Å²) >= 11 is 0. The Morgan fingerprint density at radius 1 is 1.08 bits per heavy atom. The molecule has 146 valence electrons. The third-order valence-electron chi connectivity index (χ3n) is 5.12. The fraction of sp³-hybridized carbons (Fsp3) is 0.947. The second kappa shape index (κ2) is 12.5. The van der Waals surface area contributed by atoms with Crippen LogP contribution in [-0.2, 0) is 14.2 Å². The lowest BCUT2D eigenvalue weighted by Gasteiger charge is -2.22. The summed E-state index contributed by atoms with van der Waals surface area (Å²) in [7, 11) is 3.56. The van der Waals surface area contributed by atoms with E-state index in [1.165, 1.54) is 38.5 Å². The lowest BCUT2D eigenvalue weighted by Crippen LogP contribution is -2.41. The topological polar surface area (TPSA) is 55.3 Å². The summed E-state index contributed by atoms with van der Waals surface area (Å²) in [6.07, 6.45) is 9.46. The largest absolute Gasteiger partial charge is 0.382 e. The summed E-state index contributed by atoms with van der Waals surface area (Å²) < 4.78 is 16.7. The van der Waals surface area contributed by atoms with Crippen LogP contribution in [-0.4, -0.2) is 77.2 Å². The zero-order valence-electron chi connectivity index (χ0n) is 16.2. The molecular formula is C19H37N3O3. The van der Waals surface area contributed by atoms with E-state index in [2.05, 4.69) is 15.2 Å². The van der Waals surface area contributed by atoms with Gasteiger partial charge < -0.3 is 24.4 Å². The van der Waals surface area contributed by atoms with Crippen molar-refractivity contribution in [1.29, 1.82) is 0 Å². The van der Waals surface area contributed by atoms with Crippen molar-refractivity contribution in [2.75, 3.05) is 60.2 Å². The van der Waals surface area contributed by atoms with E-state index in [0.29, 0.717) is 25.2 Å². The van der Waals surface area contributed by atoms with Gasteiger partial charge in [-0.3, -0.25) is 4.99 Å². The van der Waals surface area contributed by atoms with E-state index >= 15 is 0 Å². The summed E-state index contributed by atoms with van der Waals surface area (Å²) in [5.41, 5.74) is 0. The molecule has 2 fully saturated rings. The highest BCUT2D eigenvalue weighted by molar-refractivity contribution is 5.80. The summed E-state index contributed by atoms with van der Waals surface area (Å²) in [6.45, 7) is 5.80. The minimum atomic E-state index is 0.465. The minimum absolute atomic E-state index is 0.465. The molecule has 2 aliphatic rings. The number of guanidine groups is 1. The zero-order valence-corrected chi connectivity index (χ0v) is 16.2. The summed E-state index contributed by atoms with van der Waals surface area (Å²) in [4.78, 5) is 6.76. The lowest BCUT2D eigenvalue weighted by atomic mass is 10.1. The van der Waals surface area contributed by atoms with Gasteiger partial charge in [0.05, 0.1) is 32.5 Å². The maximum absolute atomic E-state index is 6.05. The first-order valence-electron chi connectivity index (χ1n) is 9.97. The highest BCUT2D eigenvalue weighted by Gasteiger charge is 2.24. The molecule has 1 aliphatic carbocycles. The Morgan fingerprint density at radius 3 is 2.60 bits per heavy atom. The van der Waals surface area contributed by atoms with E-state index in [1.54, 1.807) is 7.11 Å². The van der Waals surface area contributed by atoms with Gasteiger partial charge in [-0.05, 0) is 19.3 Å². The molecule has 1 unspecified atom stereocenters. The molecule has 1 saturated carbocycles. The van der Waals surface area contributed by atoms with Gasteiger partial charge in [-0.2, -0.15) is 0 Å². The van der Waals surface area contributed by atoms with Crippen molar-refractivity contribution >= 4 is 5.96 Å². The van der Waals surface area contributed by atoms with E-state index in [-0.39, 0.29) is 0 Å². The number of nitrogens with zero attached hydrogens (tertiary/aromatic N) is 2. The number of aliphatic imine (C=N–C) groups is 1. The molecular weight excluding hydrogens is 318 g/mol. The molecule has 0 aromatic carbocycles. The first-order valence-corrected chi connectivity index (χ1v) is 9.97. The van der Waals surface area contributed by atoms with Gasteiger partial charge in [0.15, 0.2) is 5.96 Å². The second-order valence-electron chi connectivity index (χ2n) is 7.13. The molecule has 0 aromatic heterocycles. The predicted molar refractivity (Wildman–Crippen MR) is 101 cm³/mol. The van der Waals surface area contributed by atoms with E-state index < -0.39 is 0 Å². The van der Waals surface area contributed by atoms with Crippen molar-refractivity contribution in [3.8, 4) is 0 Å². The van der Waals surface area contributed by atoms with Gasteiger partial charge in [0.1, 0.15) is 0 Å². The standard InChI is InChI=1S/C19H37N3O3/c1-20-19(21-10-12-25-18-7-5-3-4-6-8-18)22-11-9-17(15-22)16-24-14-13-23-2/h17-18H,3-16H2,1-2H3,(H,20,21). The third kappa shape index (κ3) is 7.92. The monoisotopic (exact) mass is 355 g/mol. The highest BCUT2D eigenvalue weighted by atomic mass is 16.5. The Bertz CT molecular complexity index is 371. The van der Waals surface area contributed by atoms with Gasteiger partial charge in [-0.25, -0.2) is 0 Å². The Kier molecular flexibility index (Phi) is 10.2. The zero-order chi connectivity index (χ0) is 17.7. The molecule has 0 spiro atoms. The fourth-order valence-corrected chi connectivity index (χ4v) is 3.68. The number of hydrogen-bond donors (Lipinski definition) is 1. The Hall–Kier alpha value is -0.850. The molecule has 6 nitrogen and oxygen atoms in total. The molecule has 1 heterocycles. The van der Waals surface area contributed by atoms with Crippen LogP contribution in [0.5, 0.6) is 0 Å². The highest BCUT2D eigenvalue weighted by Crippen LogP contribution is 2.19. The smallest absolute Gasteiger partial charge is 0.193 e. The van der Waals surface area contributed by atoms with Crippen molar-refractivity contribution < 1.29 is 14.2 Å². The molecule has 0 aromatic rings. The van der Waals surface area contributed by atoms with Gasteiger partial charge >= 0.3 is 0 Å². The van der Waals surface area contributed by atoms with Crippen molar-refractivity contribution in [3.05, 3.63) is 0 Å². The molecule has 1 aliphatic heterocycles. The van der Waals surface area contributed by atoms with Crippen molar-refractivity contribution in [2.24, 2.45) is 10.9 Å². The van der Waals surface area contributed by atoms with Crippen LogP contribution in [0.15, 0.2) is 4.99 Å². The molecule has 25 heavy (non-hydrogen) atoms. The van der Waals surface area contributed by atoms with Gasteiger partial charge in [-0.1, -0.05) is 25.7 Å². The van der Waals surface area contributed by atoms with Crippen LogP contribution < -0.4 is 5.32 Å². The number of likely N-dealkylation sites (tertiary alicyclic amines) is 1. The van der Waals surface area contributed by atoms with Gasteiger partial charge in [0, 0.05) is 39.7 Å². The Morgan fingerprint density at radius 2 is 1.88 bits per heavy atom. The van der Waals surface area contributed by atoms with Crippen LogP contribution in [0, 0.1) is 5.92 Å². The lowest BCUT2D eigenvalue weighted by molar-refractivity contribution is 0.0465. The molecule has 1 N–H and O–H groups in total. The summed E-state index contributed by atoms with van der Waals surface area (Å²) in [5, 5.41) is 3.45. The number of rotatable bonds is 9. The number of methoxy groups -OCH3 is 1. The van der Waals surface area contributed by atoms with E-state index in [1.807, 2.05) is 7.05 Å². The summed E-state index contributed by atoms with van der Waals surface area (Å²) in [5.74, 6) is 1.57. The molecule has 0 bridgehead atoms. The maximum Gasteiger partial charge on any atom is 0.193 e. The van der Waals surface area contributed by atoms with Crippen molar-refractivity contribution in [1.82, 2.24) is 10.2 Å². The predicted octanol–water partition coefficient (Wildman–Crippen LogP) is 2.29. The quantitative estimate of drug-likeness (QED) is 0.298. The van der Waals surface area contributed by atoms with Crippen molar-refractivity contribution in [2.45, 2.75) is 51.0 Å². The van der Waals surface area contributed by atoms with Gasteiger partial charge in [0.25, 0.3) is 0 Å². The first kappa shape index (κ1) is 20.5. The van der Waals surface area contributed by atoms with Crippen LogP contribution in [0.3, 0.4) is 0 Å². The molecule has 0 radical (unpaired) electrons. The van der Waals surface area contributed by atoms with Gasteiger partial charge in [0.2, 0.25) is 0 Å². The van der Waals surface area contributed by atoms with Crippen LogP contribution >= 0.6 is 0 Å². The Balaban J connectivity index is 1.58. The number of hydrogen-bond acceptors (Lipinski definition) is 4. The normalized spacial score (nSPS) is 23.0. The van der Waals surface area contributed by atoms with E-state index in [4.69, 9.17) is 14.2 Å². The van der Waals surface area contributed by atoms with Gasteiger partial charge in [-0.15, -0.1) is 0 Å². The molecule has 1 atom stereocenters. The molecule has 2 rings (SSSR count). The van der Waals surface area contributed by atoms with Crippen LogP contribution in [0.4, 0.5) is 0 Å². The Labute approximate surface area is 153 Å². The van der Waals surface area contributed by atoms with Crippen LogP contribution in [0.25, 0.3) is 0 Å².